The van der Waals surface area contributed by atoms with Gasteiger partial charge in [-0.1, -0.05) is 6.92 Å². The standard InChI is InChI=1S/C33H36F6N6O6/c1-3-31(40)17-22(28-24(6-7-26(43-28)49-2)45(31)30(48)51-10-4-5-27(46)47)29-41-18-25(44-8-11-50-12-9-44)23(42-29)15-19-13-20(32(34,35)36)16-21(14-19)33(37,38)39/h6-7,13-14,16,18,22H,3-5,8-12,15,17,40H2,1-2H3,(H,46,47)/t22-,31+/m0/s1. The Kier molecular flexibility index (Phi) is 10.9. The Labute approximate surface area is 288 Å². The summed E-state index contributed by atoms with van der Waals surface area (Å²) in [7, 11) is 1.39. The number of alkyl halides is 6. The molecule has 0 bridgehead atoms. The maximum Gasteiger partial charge on any atom is 0.416 e. The fourth-order valence-corrected chi connectivity index (χ4v) is 6.14. The number of halogens is 6. The minimum atomic E-state index is -5.04. The Morgan fingerprint density at radius 1 is 1.04 bits per heavy atom. The lowest BCUT2D eigenvalue weighted by atomic mass is 9.83. The van der Waals surface area contributed by atoms with Gasteiger partial charge in [0.15, 0.2) is 0 Å². The summed E-state index contributed by atoms with van der Waals surface area (Å²) in [4.78, 5) is 41.4. The van der Waals surface area contributed by atoms with Gasteiger partial charge >= 0.3 is 24.4 Å². The summed E-state index contributed by atoms with van der Waals surface area (Å²) in [6.45, 7) is 2.97. The monoisotopic (exact) mass is 726 g/mol. The zero-order valence-electron chi connectivity index (χ0n) is 27.7. The predicted molar refractivity (Wildman–Crippen MR) is 169 cm³/mol. The molecule has 1 aromatic carbocycles. The topological polar surface area (TPSA) is 153 Å². The van der Waals surface area contributed by atoms with Gasteiger partial charge in [0.25, 0.3) is 0 Å². The quantitative estimate of drug-likeness (QED) is 0.194. The minimum absolute atomic E-state index is 0.0149. The number of pyridine rings is 1. The molecular formula is C33H36F6N6O6. The maximum absolute atomic E-state index is 13.8. The lowest BCUT2D eigenvalue weighted by Crippen LogP contribution is -2.61. The number of anilines is 2. The number of carboxylic acids is 1. The van der Waals surface area contributed by atoms with Gasteiger partial charge in [-0.25, -0.2) is 19.7 Å². The van der Waals surface area contributed by atoms with Gasteiger partial charge in [-0.2, -0.15) is 26.3 Å². The van der Waals surface area contributed by atoms with Crippen molar-refractivity contribution in [2.75, 3.05) is 49.8 Å². The van der Waals surface area contributed by atoms with Crippen LogP contribution in [0.25, 0.3) is 0 Å². The Morgan fingerprint density at radius 3 is 2.29 bits per heavy atom. The Bertz CT molecular complexity index is 1720. The van der Waals surface area contributed by atoms with Crippen LogP contribution in [0.1, 0.15) is 72.4 Å². The van der Waals surface area contributed by atoms with Crippen molar-refractivity contribution >= 4 is 23.4 Å². The first-order valence-corrected chi connectivity index (χ1v) is 16.0. The molecule has 0 aliphatic carbocycles. The molecule has 3 N–H and O–H groups in total. The number of nitrogens with zero attached hydrogens (tertiary/aromatic N) is 5. The minimum Gasteiger partial charge on any atom is -0.481 e. The molecule has 2 aromatic heterocycles. The van der Waals surface area contributed by atoms with E-state index in [0.717, 1.165) is 0 Å². The molecule has 3 aromatic rings. The van der Waals surface area contributed by atoms with Crippen LogP contribution in [0.15, 0.2) is 36.5 Å². The average Bonchev–Trinajstić information content (AvgIpc) is 3.09. The zero-order chi connectivity index (χ0) is 37.1. The van der Waals surface area contributed by atoms with Crippen LogP contribution < -0.4 is 20.3 Å². The van der Waals surface area contributed by atoms with Gasteiger partial charge < -0.3 is 30.0 Å². The number of amides is 1. The van der Waals surface area contributed by atoms with Gasteiger partial charge in [-0.05, 0) is 49.1 Å². The SMILES string of the molecule is CC[C@]1(N)C[C@H](c2ncc(N3CCOCC3)c(Cc3cc(C(F)(F)F)cc(C(F)(F)F)c3)n2)c2nc(OC)ccc2N1C(=O)OCCCC(=O)O. The number of fused-ring (bicyclic) bond motifs is 1. The molecule has 2 atom stereocenters. The smallest absolute Gasteiger partial charge is 0.416 e. The predicted octanol–water partition coefficient (Wildman–Crippen LogP) is 5.75. The van der Waals surface area contributed by atoms with Crippen LogP contribution in [0.4, 0.5) is 42.5 Å². The van der Waals surface area contributed by atoms with Gasteiger partial charge in [0, 0.05) is 32.0 Å². The second-order valence-electron chi connectivity index (χ2n) is 12.2. The molecule has 4 heterocycles. The molecule has 12 nitrogen and oxygen atoms in total. The summed E-state index contributed by atoms with van der Waals surface area (Å²) in [6, 6.07) is 4.47. The molecule has 51 heavy (non-hydrogen) atoms. The fourth-order valence-electron chi connectivity index (χ4n) is 6.14. The Morgan fingerprint density at radius 2 is 1.71 bits per heavy atom. The van der Waals surface area contributed by atoms with Gasteiger partial charge in [0.05, 0.1) is 72.9 Å². The van der Waals surface area contributed by atoms with Gasteiger partial charge in [-0.15, -0.1) is 0 Å². The van der Waals surface area contributed by atoms with E-state index in [1.54, 1.807) is 13.0 Å². The summed E-state index contributed by atoms with van der Waals surface area (Å²) >= 11 is 0. The van der Waals surface area contributed by atoms with E-state index >= 15 is 0 Å². The van der Waals surface area contributed by atoms with Crippen LogP contribution in [0, 0.1) is 0 Å². The molecule has 5 rings (SSSR count). The number of benzene rings is 1. The van der Waals surface area contributed by atoms with Crippen LogP contribution in [0.5, 0.6) is 5.88 Å². The number of carbonyl (C=O) groups is 2. The highest BCUT2D eigenvalue weighted by atomic mass is 19.4. The number of hydrogen-bond acceptors (Lipinski definition) is 10. The van der Waals surface area contributed by atoms with Crippen LogP contribution in [-0.2, 0) is 33.0 Å². The number of rotatable bonds is 10. The fraction of sp³-hybridized carbons (Fsp3) is 0.485. The van der Waals surface area contributed by atoms with Crippen molar-refractivity contribution in [3.8, 4) is 5.88 Å². The largest absolute Gasteiger partial charge is 0.481 e. The first kappa shape index (κ1) is 37.5. The van der Waals surface area contributed by atoms with Crippen LogP contribution in [-0.4, -0.2) is 77.8 Å². The third kappa shape index (κ3) is 8.44. The molecule has 0 unspecified atom stereocenters. The maximum atomic E-state index is 13.8. The highest BCUT2D eigenvalue weighted by Crippen LogP contribution is 2.46. The third-order valence-corrected chi connectivity index (χ3v) is 8.76. The first-order chi connectivity index (χ1) is 24.0. The molecule has 18 heteroatoms. The van der Waals surface area contributed by atoms with Crippen molar-refractivity contribution in [3.05, 3.63) is 70.4 Å². The summed E-state index contributed by atoms with van der Waals surface area (Å²) in [5, 5.41) is 8.95. The van der Waals surface area contributed by atoms with Crippen molar-refractivity contribution in [1.29, 1.82) is 0 Å². The second kappa shape index (κ2) is 14.9. The lowest BCUT2D eigenvalue weighted by Gasteiger charge is -2.46. The molecule has 0 spiro atoms. The van der Waals surface area contributed by atoms with E-state index < -0.39 is 53.5 Å². The van der Waals surface area contributed by atoms with Crippen molar-refractivity contribution in [1.82, 2.24) is 15.0 Å². The van der Waals surface area contributed by atoms with Crippen LogP contribution >= 0.6 is 0 Å². The average molecular weight is 727 g/mol. The molecule has 1 saturated heterocycles. The van der Waals surface area contributed by atoms with Gasteiger partial charge in [0.2, 0.25) is 5.88 Å². The number of methoxy groups -OCH3 is 1. The molecule has 2 aliphatic heterocycles. The number of nitrogens with two attached hydrogens (primary N) is 1. The van der Waals surface area contributed by atoms with E-state index in [2.05, 4.69) is 9.97 Å². The molecule has 0 radical (unpaired) electrons. The highest BCUT2D eigenvalue weighted by Gasteiger charge is 2.47. The van der Waals surface area contributed by atoms with Gasteiger partial charge in [0.1, 0.15) is 11.5 Å². The number of morpholine rings is 1. The van der Waals surface area contributed by atoms with E-state index in [1.807, 2.05) is 4.90 Å². The van der Waals surface area contributed by atoms with Crippen LogP contribution in [0.2, 0.25) is 0 Å². The van der Waals surface area contributed by atoms with Crippen molar-refractivity contribution in [2.24, 2.45) is 5.73 Å². The number of ether oxygens (including phenoxy) is 3. The molecule has 2 aliphatic rings. The van der Waals surface area contributed by atoms with Crippen LogP contribution in [0.3, 0.4) is 0 Å². The van der Waals surface area contributed by atoms with E-state index in [1.165, 1.54) is 24.3 Å². The summed E-state index contributed by atoms with van der Waals surface area (Å²) in [5.41, 5.74) is 3.37. The zero-order valence-corrected chi connectivity index (χ0v) is 27.7. The molecule has 1 amide bonds. The lowest BCUT2D eigenvalue weighted by molar-refractivity contribution is -0.143. The van der Waals surface area contributed by atoms with E-state index in [-0.39, 0.29) is 72.7 Å². The summed E-state index contributed by atoms with van der Waals surface area (Å²) in [5.74, 6) is -1.59. The molecule has 1 fully saturated rings. The van der Waals surface area contributed by atoms with Crippen molar-refractivity contribution in [3.63, 3.8) is 0 Å². The van der Waals surface area contributed by atoms with Crippen molar-refractivity contribution < 1.29 is 55.2 Å². The molecule has 0 saturated carbocycles. The molecular weight excluding hydrogens is 690 g/mol. The number of aliphatic carboxylic acids is 1. The number of aromatic nitrogens is 3. The second-order valence-corrected chi connectivity index (χ2v) is 12.2. The summed E-state index contributed by atoms with van der Waals surface area (Å²) < 4.78 is 98.8. The number of hydrogen-bond donors (Lipinski definition) is 2. The first-order valence-electron chi connectivity index (χ1n) is 16.0. The Balaban J connectivity index is 1.61. The van der Waals surface area contributed by atoms with E-state index in [9.17, 15) is 35.9 Å². The van der Waals surface area contributed by atoms with E-state index in [0.29, 0.717) is 44.1 Å². The summed E-state index contributed by atoms with van der Waals surface area (Å²) in [6.07, 6.45) is -9.83. The third-order valence-electron chi connectivity index (χ3n) is 8.76. The van der Waals surface area contributed by atoms with Gasteiger partial charge in [-0.3, -0.25) is 9.69 Å². The number of carbonyl (C=O) groups excluding carboxylic acids is 1. The van der Waals surface area contributed by atoms with Crippen molar-refractivity contribution in [2.45, 2.75) is 63.0 Å². The number of carboxylic acid groups (broad SMARTS) is 1. The Hall–Kier alpha value is -4.71. The van der Waals surface area contributed by atoms with E-state index in [4.69, 9.17) is 30.0 Å². The molecule has 276 valence electrons. The normalized spacial score (nSPS) is 19.4. The highest BCUT2D eigenvalue weighted by molar-refractivity contribution is 5.91.